The van der Waals surface area contributed by atoms with Gasteiger partial charge in [0.25, 0.3) is 0 Å². The Kier molecular flexibility index (Phi) is 4.09. The summed E-state index contributed by atoms with van der Waals surface area (Å²) in [5.74, 6) is -0.125. The number of nitrogens with zero attached hydrogens (tertiary/aromatic N) is 2. The molecule has 0 fully saturated rings. The highest BCUT2D eigenvalue weighted by molar-refractivity contribution is 5.85. The number of carboxylic acid groups (broad SMARTS) is 1. The van der Waals surface area contributed by atoms with Crippen molar-refractivity contribution < 1.29 is 14.6 Å². The van der Waals surface area contributed by atoms with Gasteiger partial charge in [0, 0.05) is 5.56 Å². The van der Waals surface area contributed by atoms with Crippen LogP contribution in [0.15, 0.2) is 30.6 Å². The molecule has 0 saturated carbocycles. The summed E-state index contributed by atoms with van der Waals surface area (Å²) in [7, 11) is 0. The van der Waals surface area contributed by atoms with Crippen molar-refractivity contribution in [3.05, 3.63) is 53.1 Å². The summed E-state index contributed by atoms with van der Waals surface area (Å²) in [6.07, 6.45) is 5.63. The van der Waals surface area contributed by atoms with Gasteiger partial charge >= 0.3 is 5.97 Å². The Balaban J connectivity index is 1.92. The Bertz CT molecular complexity index is 808. The van der Waals surface area contributed by atoms with Crippen LogP contribution in [0.2, 0.25) is 0 Å². The zero-order valence-corrected chi connectivity index (χ0v) is 14.0. The summed E-state index contributed by atoms with van der Waals surface area (Å²) in [6.45, 7) is 7.21. The van der Waals surface area contributed by atoms with Gasteiger partial charge in [0.05, 0.1) is 24.7 Å². The van der Waals surface area contributed by atoms with Crippen molar-refractivity contribution in [1.29, 1.82) is 0 Å². The third-order valence-corrected chi connectivity index (χ3v) is 4.40. The van der Waals surface area contributed by atoms with Crippen LogP contribution in [0.1, 0.15) is 54.5 Å². The van der Waals surface area contributed by atoms with E-state index in [2.05, 4.69) is 29.9 Å². The fraction of sp³-hybridized carbons (Fsp3) is 0.316. The topological polar surface area (TPSA) is 72.3 Å². The zero-order chi connectivity index (χ0) is 17.3. The van der Waals surface area contributed by atoms with E-state index in [1.165, 1.54) is 18.0 Å². The summed E-state index contributed by atoms with van der Waals surface area (Å²) in [4.78, 5) is 18.9. The van der Waals surface area contributed by atoms with E-state index in [1.807, 2.05) is 25.1 Å². The third kappa shape index (κ3) is 3.15. The van der Waals surface area contributed by atoms with Gasteiger partial charge in [-0.3, -0.25) is 4.98 Å². The molecule has 2 aromatic rings. The van der Waals surface area contributed by atoms with E-state index >= 15 is 0 Å². The fourth-order valence-electron chi connectivity index (χ4n) is 2.81. The minimum atomic E-state index is -1.08. The molecule has 1 N–H and O–H groups in total. The molecule has 24 heavy (non-hydrogen) atoms. The first-order valence-corrected chi connectivity index (χ1v) is 7.88. The lowest BCUT2D eigenvalue weighted by Gasteiger charge is -2.32. The Morgan fingerprint density at radius 2 is 2.08 bits per heavy atom. The molecule has 3 rings (SSSR count). The molecule has 5 heteroatoms. The second-order valence-corrected chi connectivity index (χ2v) is 6.65. The van der Waals surface area contributed by atoms with Crippen LogP contribution >= 0.6 is 0 Å². The van der Waals surface area contributed by atoms with E-state index in [0.29, 0.717) is 5.69 Å². The van der Waals surface area contributed by atoms with Gasteiger partial charge in [-0.15, -0.1) is 0 Å². The summed E-state index contributed by atoms with van der Waals surface area (Å²) in [6, 6.07) is 6.21. The van der Waals surface area contributed by atoms with Crippen LogP contribution in [0.5, 0.6) is 5.75 Å². The Morgan fingerprint density at radius 1 is 1.29 bits per heavy atom. The van der Waals surface area contributed by atoms with Gasteiger partial charge in [0.2, 0.25) is 0 Å². The monoisotopic (exact) mass is 324 g/mol. The summed E-state index contributed by atoms with van der Waals surface area (Å²) in [5.41, 5.74) is 4.01. The molecule has 2 heterocycles. The zero-order valence-electron chi connectivity index (χ0n) is 14.0. The summed E-state index contributed by atoms with van der Waals surface area (Å²) < 4.78 is 5.75. The first-order chi connectivity index (χ1) is 11.4. The highest BCUT2D eigenvalue weighted by atomic mass is 16.5. The van der Waals surface area contributed by atoms with Gasteiger partial charge in [-0.25, -0.2) is 9.78 Å². The molecule has 0 aliphatic carbocycles. The number of hydrogen-bond donors (Lipinski definition) is 1. The number of aromatic carboxylic acids is 1. The van der Waals surface area contributed by atoms with Gasteiger partial charge < -0.3 is 9.84 Å². The van der Waals surface area contributed by atoms with Crippen molar-refractivity contribution in [2.75, 3.05) is 6.61 Å². The van der Waals surface area contributed by atoms with Crippen molar-refractivity contribution in [2.45, 2.75) is 32.6 Å². The maximum absolute atomic E-state index is 10.8. The van der Waals surface area contributed by atoms with Gasteiger partial charge in [-0.05, 0) is 48.1 Å². The molecule has 0 amide bonds. The molecule has 1 aromatic carbocycles. The molecule has 124 valence electrons. The van der Waals surface area contributed by atoms with Crippen molar-refractivity contribution in [1.82, 2.24) is 9.97 Å². The van der Waals surface area contributed by atoms with E-state index in [4.69, 9.17) is 9.84 Å². The van der Waals surface area contributed by atoms with Crippen LogP contribution in [0.3, 0.4) is 0 Å². The quantitative estimate of drug-likeness (QED) is 0.930. The lowest BCUT2D eigenvalue weighted by atomic mass is 9.79. The highest BCUT2D eigenvalue weighted by Crippen LogP contribution is 2.39. The number of benzene rings is 1. The van der Waals surface area contributed by atoms with Gasteiger partial charge in [-0.1, -0.05) is 19.9 Å². The number of ether oxygens (including phenoxy) is 1. The van der Waals surface area contributed by atoms with E-state index < -0.39 is 5.97 Å². The SMILES string of the molecule is CC(=Cc1cnc(C(=O)O)cn1)c1ccc2c(c1)C(C)(C)CCO2. The molecule has 1 aromatic heterocycles. The first-order valence-electron chi connectivity index (χ1n) is 7.88. The molecule has 0 saturated heterocycles. The second kappa shape index (κ2) is 6.07. The van der Waals surface area contributed by atoms with E-state index in [-0.39, 0.29) is 11.1 Å². The second-order valence-electron chi connectivity index (χ2n) is 6.65. The van der Waals surface area contributed by atoms with E-state index in [9.17, 15) is 4.79 Å². The molecule has 0 unspecified atom stereocenters. The minimum absolute atomic E-state index is 0.0579. The van der Waals surface area contributed by atoms with E-state index in [0.717, 1.165) is 29.9 Å². The lowest BCUT2D eigenvalue weighted by Crippen LogP contribution is -2.26. The summed E-state index contributed by atoms with van der Waals surface area (Å²) >= 11 is 0. The minimum Gasteiger partial charge on any atom is -0.493 e. The van der Waals surface area contributed by atoms with Gasteiger partial charge in [0.15, 0.2) is 5.69 Å². The molecule has 0 atom stereocenters. The number of rotatable bonds is 3. The molecule has 0 radical (unpaired) electrons. The van der Waals surface area contributed by atoms with Crippen LogP contribution in [0.25, 0.3) is 11.6 Å². The van der Waals surface area contributed by atoms with Crippen molar-refractivity contribution in [3.63, 3.8) is 0 Å². The predicted octanol–water partition coefficient (Wildman–Crippen LogP) is 3.80. The Labute approximate surface area is 141 Å². The number of allylic oxidation sites excluding steroid dienone is 1. The maximum atomic E-state index is 10.8. The average molecular weight is 324 g/mol. The fourth-order valence-corrected chi connectivity index (χ4v) is 2.81. The summed E-state index contributed by atoms with van der Waals surface area (Å²) in [5, 5.41) is 8.87. The lowest BCUT2D eigenvalue weighted by molar-refractivity contribution is 0.0690. The van der Waals surface area contributed by atoms with Crippen LogP contribution in [0, 0.1) is 0 Å². The standard InChI is InChI=1S/C19H20N2O3/c1-12(8-14-10-21-16(11-20-14)18(22)23)13-4-5-17-15(9-13)19(2,3)6-7-24-17/h4-5,8-11H,6-7H2,1-3H3,(H,22,23). The Morgan fingerprint density at radius 3 is 2.75 bits per heavy atom. The number of carboxylic acids is 1. The van der Waals surface area contributed by atoms with Crippen LogP contribution in [-0.4, -0.2) is 27.7 Å². The van der Waals surface area contributed by atoms with Crippen molar-refractivity contribution >= 4 is 17.6 Å². The number of aromatic nitrogens is 2. The number of fused-ring (bicyclic) bond motifs is 1. The van der Waals surface area contributed by atoms with Crippen molar-refractivity contribution in [2.24, 2.45) is 0 Å². The van der Waals surface area contributed by atoms with Crippen LogP contribution in [0.4, 0.5) is 0 Å². The molecule has 5 nitrogen and oxygen atoms in total. The predicted molar refractivity (Wildman–Crippen MR) is 92.1 cm³/mol. The third-order valence-electron chi connectivity index (χ3n) is 4.40. The number of carbonyl (C=O) groups is 1. The molecule has 0 bridgehead atoms. The van der Waals surface area contributed by atoms with Crippen LogP contribution < -0.4 is 4.74 Å². The number of hydrogen-bond acceptors (Lipinski definition) is 4. The molecule has 1 aliphatic rings. The largest absolute Gasteiger partial charge is 0.493 e. The molecule has 0 spiro atoms. The smallest absolute Gasteiger partial charge is 0.356 e. The first kappa shape index (κ1) is 16.2. The maximum Gasteiger partial charge on any atom is 0.356 e. The van der Waals surface area contributed by atoms with Crippen molar-refractivity contribution in [3.8, 4) is 5.75 Å². The van der Waals surface area contributed by atoms with E-state index in [1.54, 1.807) is 0 Å². The molecular formula is C19H20N2O3. The highest BCUT2D eigenvalue weighted by Gasteiger charge is 2.28. The normalized spacial score (nSPS) is 16.2. The van der Waals surface area contributed by atoms with Crippen LogP contribution in [-0.2, 0) is 5.41 Å². The molecular weight excluding hydrogens is 304 g/mol. The Hall–Kier alpha value is -2.69. The van der Waals surface area contributed by atoms with Gasteiger partial charge in [-0.2, -0.15) is 0 Å². The average Bonchev–Trinajstić information content (AvgIpc) is 2.55. The van der Waals surface area contributed by atoms with Gasteiger partial charge in [0.1, 0.15) is 5.75 Å². The molecule has 1 aliphatic heterocycles.